The Balaban J connectivity index is 2.76. The maximum Gasteiger partial charge on any atom is 0.0970 e. The minimum absolute atomic E-state index is 0.157. The minimum atomic E-state index is -0.359. The second-order valence-corrected chi connectivity index (χ2v) is 9.23. The molecule has 0 aliphatic carbocycles. The lowest BCUT2D eigenvalue weighted by molar-refractivity contribution is -0.314. The van der Waals surface area contributed by atoms with Crippen LogP contribution in [0.2, 0.25) is 0 Å². The van der Waals surface area contributed by atoms with Gasteiger partial charge in [-0.05, 0) is 74.7 Å². The van der Waals surface area contributed by atoms with Crippen molar-refractivity contribution in [1.82, 2.24) is 5.06 Å². The fourth-order valence-corrected chi connectivity index (χ4v) is 3.63. The first-order chi connectivity index (χ1) is 9.71. The first-order valence-electron chi connectivity index (χ1n) is 8.52. The Morgan fingerprint density at radius 1 is 1.00 bits per heavy atom. The number of aliphatic hydroxyl groups excluding tert-OH is 1. The summed E-state index contributed by atoms with van der Waals surface area (Å²) in [6.45, 7) is 19.5. The number of piperidine rings is 1. The Morgan fingerprint density at radius 2 is 1.45 bits per heavy atom. The van der Waals surface area contributed by atoms with Gasteiger partial charge in [0.1, 0.15) is 0 Å². The van der Waals surface area contributed by atoms with Crippen LogP contribution in [0, 0.1) is 0 Å². The molecule has 4 nitrogen and oxygen atoms in total. The van der Waals surface area contributed by atoms with E-state index in [4.69, 9.17) is 9.57 Å². The van der Waals surface area contributed by atoms with Crippen LogP contribution in [-0.4, -0.2) is 45.2 Å². The van der Waals surface area contributed by atoms with Crippen LogP contribution in [0.1, 0.15) is 81.6 Å². The molecule has 1 fully saturated rings. The van der Waals surface area contributed by atoms with Gasteiger partial charge in [0.25, 0.3) is 0 Å². The van der Waals surface area contributed by atoms with Gasteiger partial charge in [0.15, 0.2) is 0 Å². The molecule has 0 amide bonds. The summed E-state index contributed by atoms with van der Waals surface area (Å²) < 4.78 is 6.22. The molecular formula is C18H37NO3. The monoisotopic (exact) mass is 315 g/mol. The van der Waals surface area contributed by atoms with Crippen LogP contribution in [0.25, 0.3) is 0 Å². The molecule has 0 atom stereocenters. The van der Waals surface area contributed by atoms with E-state index < -0.39 is 0 Å². The van der Waals surface area contributed by atoms with E-state index >= 15 is 0 Å². The second-order valence-electron chi connectivity index (χ2n) is 9.23. The van der Waals surface area contributed by atoms with E-state index in [1.807, 2.05) is 0 Å². The molecule has 0 saturated carbocycles. The molecule has 0 radical (unpaired) electrons. The number of hydroxylamine groups is 2. The maximum absolute atomic E-state index is 10.1. The highest BCUT2D eigenvalue weighted by Crippen LogP contribution is 2.39. The Hall–Kier alpha value is -0.160. The second kappa shape index (κ2) is 6.39. The highest BCUT2D eigenvalue weighted by Gasteiger charge is 2.46. The predicted molar refractivity (Wildman–Crippen MR) is 90.7 cm³/mol. The van der Waals surface area contributed by atoms with Crippen LogP contribution < -0.4 is 0 Å². The molecule has 0 unspecified atom stereocenters. The summed E-state index contributed by atoms with van der Waals surface area (Å²) in [5.41, 5.74) is -0.910. The van der Waals surface area contributed by atoms with Crippen LogP contribution in [0.5, 0.6) is 0 Å². The van der Waals surface area contributed by atoms with Gasteiger partial charge in [-0.25, -0.2) is 0 Å². The number of ether oxygens (including phenoxy) is 1. The van der Waals surface area contributed by atoms with Gasteiger partial charge in [-0.3, -0.25) is 4.84 Å². The molecular weight excluding hydrogens is 278 g/mol. The highest BCUT2D eigenvalue weighted by molar-refractivity contribution is 4.96. The normalized spacial score (nSPS) is 23.7. The smallest absolute Gasteiger partial charge is 0.0970 e. The lowest BCUT2D eigenvalue weighted by atomic mass is 9.80. The van der Waals surface area contributed by atoms with Crippen molar-refractivity contribution < 1.29 is 14.7 Å². The molecule has 132 valence electrons. The zero-order valence-electron chi connectivity index (χ0n) is 16.1. The van der Waals surface area contributed by atoms with Gasteiger partial charge >= 0.3 is 0 Å². The van der Waals surface area contributed by atoms with Crippen molar-refractivity contribution in [1.29, 1.82) is 0 Å². The van der Waals surface area contributed by atoms with Crippen LogP contribution in [0.4, 0.5) is 0 Å². The van der Waals surface area contributed by atoms with Gasteiger partial charge in [-0.2, -0.15) is 5.06 Å². The SMILES string of the molecule is CCC(C)(C)OC(C)(C)CON1C(C)(C)CC(O)CC1(C)C. The molecule has 1 N–H and O–H groups in total. The number of rotatable bonds is 6. The van der Waals surface area contributed by atoms with Gasteiger partial charge in [-0.15, -0.1) is 0 Å². The van der Waals surface area contributed by atoms with Crippen molar-refractivity contribution in [3.05, 3.63) is 0 Å². The number of hydrogen-bond acceptors (Lipinski definition) is 4. The lowest BCUT2D eigenvalue weighted by Crippen LogP contribution is -2.62. The Kier molecular flexibility index (Phi) is 5.77. The van der Waals surface area contributed by atoms with E-state index in [9.17, 15) is 5.11 Å². The predicted octanol–water partition coefficient (Wildman–Crippen LogP) is 3.92. The molecule has 0 bridgehead atoms. The van der Waals surface area contributed by atoms with Crippen molar-refractivity contribution >= 4 is 0 Å². The van der Waals surface area contributed by atoms with E-state index in [-0.39, 0.29) is 28.4 Å². The molecule has 1 rings (SSSR count). The molecule has 0 spiro atoms. The van der Waals surface area contributed by atoms with Crippen LogP contribution in [-0.2, 0) is 9.57 Å². The van der Waals surface area contributed by atoms with E-state index in [1.54, 1.807) is 0 Å². The molecule has 0 aromatic rings. The average Bonchev–Trinajstić information content (AvgIpc) is 2.23. The summed E-state index contributed by atoms with van der Waals surface area (Å²) in [5, 5.41) is 12.2. The van der Waals surface area contributed by atoms with Gasteiger partial charge in [0, 0.05) is 11.1 Å². The van der Waals surface area contributed by atoms with E-state index in [0.29, 0.717) is 6.61 Å². The summed E-state index contributed by atoms with van der Waals surface area (Å²) in [5.74, 6) is 0. The third kappa shape index (κ3) is 5.19. The van der Waals surface area contributed by atoms with Crippen LogP contribution >= 0.6 is 0 Å². The number of nitrogens with zero attached hydrogens (tertiary/aromatic N) is 1. The standard InChI is InChI=1S/C18H37NO3/c1-10-17(6,7)22-18(8,9)13-21-19-15(2,3)11-14(20)12-16(19,4)5/h14,20H,10-13H2,1-9H3. The Bertz CT molecular complexity index is 357. The lowest BCUT2D eigenvalue weighted by Gasteiger charge is -2.53. The van der Waals surface area contributed by atoms with Crippen molar-refractivity contribution in [3.8, 4) is 0 Å². The summed E-state index contributed by atoms with van der Waals surface area (Å²) in [6.07, 6.45) is 2.13. The van der Waals surface area contributed by atoms with E-state index in [2.05, 4.69) is 67.4 Å². The molecule has 0 aromatic carbocycles. The first-order valence-corrected chi connectivity index (χ1v) is 8.52. The zero-order chi connectivity index (χ0) is 17.4. The molecule has 1 heterocycles. The average molecular weight is 315 g/mol. The molecule has 4 heteroatoms. The Labute approximate surface area is 137 Å². The Morgan fingerprint density at radius 3 is 1.86 bits per heavy atom. The van der Waals surface area contributed by atoms with Crippen molar-refractivity contribution in [2.45, 2.75) is 110 Å². The van der Waals surface area contributed by atoms with E-state index in [1.165, 1.54) is 0 Å². The quantitative estimate of drug-likeness (QED) is 0.807. The summed E-state index contributed by atoms with van der Waals surface area (Å²) in [6, 6.07) is 0. The molecule has 0 aromatic heterocycles. The van der Waals surface area contributed by atoms with Gasteiger partial charge in [0.05, 0.1) is 23.9 Å². The fraction of sp³-hybridized carbons (Fsp3) is 1.00. The van der Waals surface area contributed by atoms with Crippen LogP contribution in [0.15, 0.2) is 0 Å². The number of aliphatic hydroxyl groups is 1. The highest BCUT2D eigenvalue weighted by atomic mass is 16.7. The number of hydrogen-bond donors (Lipinski definition) is 1. The van der Waals surface area contributed by atoms with Gasteiger partial charge in [-0.1, -0.05) is 6.92 Å². The van der Waals surface area contributed by atoms with Crippen molar-refractivity contribution in [2.75, 3.05) is 6.61 Å². The third-order valence-electron chi connectivity index (χ3n) is 4.52. The van der Waals surface area contributed by atoms with E-state index in [0.717, 1.165) is 19.3 Å². The first kappa shape index (κ1) is 19.9. The van der Waals surface area contributed by atoms with Crippen molar-refractivity contribution in [3.63, 3.8) is 0 Å². The maximum atomic E-state index is 10.1. The largest absolute Gasteiger partial charge is 0.393 e. The van der Waals surface area contributed by atoms with Crippen LogP contribution in [0.3, 0.4) is 0 Å². The van der Waals surface area contributed by atoms with Crippen molar-refractivity contribution in [2.24, 2.45) is 0 Å². The summed E-state index contributed by atoms with van der Waals surface area (Å²) in [7, 11) is 0. The van der Waals surface area contributed by atoms with Gasteiger partial charge in [0.2, 0.25) is 0 Å². The summed E-state index contributed by atoms with van der Waals surface area (Å²) >= 11 is 0. The van der Waals surface area contributed by atoms with Gasteiger partial charge < -0.3 is 9.84 Å². The fourth-order valence-electron chi connectivity index (χ4n) is 3.63. The topological polar surface area (TPSA) is 41.9 Å². The minimum Gasteiger partial charge on any atom is -0.393 e. The third-order valence-corrected chi connectivity index (χ3v) is 4.52. The molecule has 1 aliphatic heterocycles. The zero-order valence-corrected chi connectivity index (χ0v) is 16.1. The molecule has 1 saturated heterocycles. The summed E-state index contributed by atoms with van der Waals surface area (Å²) in [4.78, 5) is 6.21. The molecule has 22 heavy (non-hydrogen) atoms. The molecule has 1 aliphatic rings.